The Hall–Kier alpha value is -4.16. The first-order valence-electron chi connectivity index (χ1n) is 10.5. The van der Waals surface area contributed by atoms with Crippen LogP contribution in [0.2, 0.25) is 0 Å². The Morgan fingerprint density at radius 1 is 1.03 bits per heavy atom. The van der Waals surface area contributed by atoms with Crippen molar-refractivity contribution in [3.63, 3.8) is 0 Å². The van der Waals surface area contributed by atoms with Gasteiger partial charge in [0.05, 0.1) is 35.3 Å². The second-order valence-corrected chi connectivity index (χ2v) is 8.13. The molecule has 4 aromatic rings. The predicted octanol–water partition coefficient (Wildman–Crippen LogP) is 3.45. The molecule has 3 heterocycles. The van der Waals surface area contributed by atoms with E-state index >= 15 is 0 Å². The van der Waals surface area contributed by atoms with Gasteiger partial charge in [-0.15, -0.1) is 10.2 Å². The van der Waals surface area contributed by atoms with Crippen LogP contribution in [0.4, 0.5) is 5.69 Å². The summed E-state index contributed by atoms with van der Waals surface area (Å²) in [4.78, 5) is 15.3. The fraction of sp³-hybridized carbons (Fsp3) is 0.250. The lowest BCUT2D eigenvalue weighted by atomic mass is 9.90. The van der Waals surface area contributed by atoms with Crippen LogP contribution in [0.3, 0.4) is 0 Å². The molecular formula is C24H24N8O. The lowest BCUT2D eigenvalue weighted by molar-refractivity contribution is 0.582. The summed E-state index contributed by atoms with van der Waals surface area (Å²) in [6, 6.07) is 13.8. The zero-order valence-corrected chi connectivity index (χ0v) is 18.7. The Kier molecular flexibility index (Phi) is 6.11. The maximum Gasteiger partial charge on any atom is 0.268 e. The van der Waals surface area contributed by atoms with E-state index in [0.29, 0.717) is 29.5 Å². The molecule has 0 saturated heterocycles. The van der Waals surface area contributed by atoms with Gasteiger partial charge < -0.3 is 15.1 Å². The quantitative estimate of drug-likeness (QED) is 0.459. The van der Waals surface area contributed by atoms with Gasteiger partial charge in [-0.25, -0.2) is 4.98 Å². The molecule has 0 aliphatic rings. The number of hydrogen-bond acceptors (Lipinski definition) is 9. The molecule has 3 aromatic heterocycles. The van der Waals surface area contributed by atoms with E-state index in [-0.39, 0.29) is 5.89 Å². The van der Waals surface area contributed by atoms with E-state index in [0.717, 1.165) is 23.4 Å². The van der Waals surface area contributed by atoms with Crippen LogP contribution < -0.4 is 10.6 Å². The minimum Gasteiger partial charge on any atom is -0.415 e. The van der Waals surface area contributed by atoms with E-state index in [1.165, 1.54) is 0 Å². The third-order valence-electron chi connectivity index (χ3n) is 5.27. The first-order chi connectivity index (χ1) is 15.9. The van der Waals surface area contributed by atoms with Crippen molar-refractivity contribution in [3.05, 3.63) is 60.7 Å². The summed E-state index contributed by atoms with van der Waals surface area (Å²) in [5.41, 5.74) is 9.32. The molecule has 0 aliphatic carbocycles. The molecule has 2 N–H and O–H groups in total. The molecule has 0 aliphatic heterocycles. The summed E-state index contributed by atoms with van der Waals surface area (Å²) < 4.78 is 5.88. The van der Waals surface area contributed by atoms with Crippen LogP contribution in [0.1, 0.15) is 19.5 Å². The third kappa shape index (κ3) is 4.71. The average Bonchev–Trinajstić information content (AvgIpc) is 3.35. The molecule has 9 nitrogen and oxygen atoms in total. The van der Waals surface area contributed by atoms with Crippen LogP contribution >= 0.6 is 0 Å². The Morgan fingerprint density at radius 3 is 2.48 bits per heavy atom. The largest absolute Gasteiger partial charge is 0.415 e. The zero-order chi connectivity index (χ0) is 23.4. The SMILES string of the molecule is CN(CCN)c1ccc(-c2nnc(-c3cncc(-c4ccnc(C(C)(C)C#N)c4)n3)o2)cc1. The molecule has 0 radical (unpaired) electrons. The lowest BCUT2D eigenvalue weighted by Crippen LogP contribution is -2.24. The van der Waals surface area contributed by atoms with Gasteiger partial charge in [-0.05, 0) is 50.2 Å². The molecular weight excluding hydrogens is 416 g/mol. The van der Waals surface area contributed by atoms with Crippen molar-refractivity contribution < 1.29 is 4.42 Å². The number of hydrogen-bond donors (Lipinski definition) is 1. The average molecular weight is 441 g/mol. The first-order valence-corrected chi connectivity index (χ1v) is 10.5. The maximum absolute atomic E-state index is 9.41. The second-order valence-electron chi connectivity index (χ2n) is 8.13. The number of rotatable bonds is 7. The summed E-state index contributed by atoms with van der Waals surface area (Å²) in [6.07, 6.45) is 4.89. The normalized spacial score (nSPS) is 11.2. The second kappa shape index (κ2) is 9.14. The number of pyridine rings is 1. The van der Waals surface area contributed by atoms with Crippen molar-refractivity contribution >= 4 is 5.69 Å². The number of anilines is 1. The molecule has 9 heteroatoms. The van der Waals surface area contributed by atoms with Crippen LogP contribution in [0.15, 0.2) is 59.4 Å². The number of nitrogens with zero attached hydrogens (tertiary/aromatic N) is 7. The maximum atomic E-state index is 9.41. The Bertz CT molecular complexity index is 1290. The van der Waals surface area contributed by atoms with Gasteiger partial charge in [0.25, 0.3) is 5.89 Å². The summed E-state index contributed by atoms with van der Waals surface area (Å²) >= 11 is 0. The van der Waals surface area contributed by atoms with Gasteiger partial charge in [0.2, 0.25) is 5.89 Å². The minimum absolute atomic E-state index is 0.273. The fourth-order valence-corrected chi connectivity index (χ4v) is 3.22. The standard InChI is InChI=1S/C24H24N8O/c1-24(2,15-26)21-12-17(8-10-28-21)19-13-27-14-20(29-19)23-31-30-22(33-23)16-4-6-18(7-5-16)32(3)11-9-25/h4-8,10,12-14H,9,11,25H2,1-3H3. The van der Waals surface area contributed by atoms with Gasteiger partial charge in [0.15, 0.2) is 0 Å². The van der Waals surface area contributed by atoms with Crippen molar-refractivity contribution in [3.8, 4) is 40.4 Å². The van der Waals surface area contributed by atoms with Gasteiger partial charge in [0, 0.05) is 43.1 Å². The Balaban J connectivity index is 1.60. The zero-order valence-electron chi connectivity index (χ0n) is 18.7. The van der Waals surface area contributed by atoms with Crippen LogP contribution in [0.5, 0.6) is 0 Å². The van der Waals surface area contributed by atoms with Crippen molar-refractivity contribution in [2.75, 3.05) is 25.0 Å². The van der Waals surface area contributed by atoms with E-state index in [4.69, 9.17) is 10.2 Å². The van der Waals surface area contributed by atoms with E-state index in [1.54, 1.807) is 18.6 Å². The Morgan fingerprint density at radius 2 is 1.76 bits per heavy atom. The predicted molar refractivity (Wildman–Crippen MR) is 125 cm³/mol. The van der Waals surface area contributed by atoms with Crippen molar-refractivity contribution in [1.82, 2.24) is 25.1 Å². The number of aromatic nitrogens is 5. The van der Waals surface area contributed by atoms with E-state index in [2.05, 4.69) is 36.1 Å². The highest BCUT2D eigenvalue weighted by Gasteiger charge is 2.22. The molecule has 0 fully saturated rings. The highest BCUT2D eigenvalue weighted by molar-refractivity contribution is 5.63. The summed E-state index contributed by atoms with van der Waals surface area (Å²) in [6.45, 7) is 5.00. The molecule has 0 unspecified atom stereocenters. The number of likely N-dealkylation sites (N-methyl/N-ethyl adjacent to an activating group) is 1. The van der Waals surface area contributed by atoms with Crippen LogP contribution in [0.25, 0.3) is 34.3 Å². The fourth-order valence-electron chi connectivity index (χ4n) is 3.22. The first kappa shape index (κ1) is 22.0. The summed E-state index contributed by atoms with van der Waals surface area (Å²) in [5.74, 6) is 0.669. The molecule has 0 spiro atoms. The minimum atomic E-state index is -0.711. The molecule has 0 bridgehead atoms. The smallest absolute Gasteiger partial charge is 0.268 e. The molecule has 0 amide bonds. The highest BCUT2D eigenvalue weighted by Crippen LogP contribution is 2.28. The van der Waals surface area contributed by atoms with Crippen LogP contribution in [-0.2, 0) is 5.41 Å². The molecule has 1 aromatic carbocycles. The van der Waals surface area contributed by atoms with Crippen LogP contribution in [-0.4, -0.2) is 45.3 Å². The monoisotopic (exact) mass is 440 g/mol. The Labute approximate surface area is 192 Å². The lowest BCUT2D eigenvalue weighted by Gasteiger charge is -2.18. The van der Waals surface area contributed by atoms with Crippen LogP contribution in [0, 0.1) is 11.3 Å². The number of nitrogens with two attached hydrogens (primary N) is 1. The van der Waals surface area contributed by atoms with Crippen molar-refractivity contribution in [2.45, 2.75) is 19.3 Å². The summed E-state index contributed by atoms with van der Waals surface area (Å²) in [5, 5.41) is 17.7. The molecule has 0 atom stereocenters. The topological polar surface area (TPSA) is 131 Å². The van der Waals surface area contributed by atoms with Gasteiger partial charge in [-0.1, -0.05) is 0 Å². The van der Waals surface area contributed by atoms with Gasteiger partial charge in [-0.2, -0.15) is 5.26 Å². The summed E-state index contributed by atoms with van der Waals surface area (Å²) in [7, 11) is 1.99. The molecule has 0 saturated carbocycles. The van der Waals surface area contributed by atoms with Gasteiger partial charge in [0.1, 0.15) is 5.69 Å². The number of benzene rings is 1. The van der Waals surface area contributed by atoms with E-state index in [9.17, 15) is 5.26 Å². The van der Waals surface area contributed by atoms with E-state index < -0.39 is 5.41 Å². The third-order valence-corrected chi connectivity index (χ3v) is 5.27. The van der Waals surface area contributed by atoms with Crippen molar-refractivity contribution in [1.29, 1.82) is 5.26 Å². The molecule has 33 heavy (non-hydrogen) atoms. The van der Waals surface area contributed by atoms with Crippen molar-refractivity contribution in [2.24, 2.45) is 5.73 Å². The van der Waals surface area contributed by atoms with E-state index in [1.807, 2.05) is 57.3 Å². The molecule has 4 rings (SSSR count). The molecule has 166 valence electrons. The highest BCUT2D eigenvalue weighted by atomic mass is 16.4. The van der Waals surface area contributed by atoms with Gasteiger partial charge >= 0.3 is 0 Å². The number of nitriles is 1. The van der Waals surface area contributed by atoms with Gasteiger partial charge in [-0.3, -0.25) is 9.97 Å².